The summed E-state index contributed by atoms with van der Waals surface area (Å²) < 4.78 is 38.7. The van der Waals surface area contributed by atoms with Gasteiger partial charge in [0, 0.05) is 17.1 Å². The highest BCUT2D eigenvalue weighted by Crippen LogP contribution is 2.40. The van der Waals surface area contributed by atoms with Crippen molar-refractivity contribution in [2.45, 2.75) is 44.8 Å². The van der Waals surface area contributed by atoms with Crippen LogP contribution in [0.4, 0.5) is 13.2 Å². The van der Waals surface area contributed by atoms with Crippen LogP contribution in [-0.2, 0) is 0 Å². The number of alkyl halides is 3. The molecule has 1 amide bonds. The van der Waals surface area contributed by atoms with Crippen molar-refractivity contribution >= 4 is 22.4 Å². The molecular formula is C21H23F3N2O2. The van der Waals surface area contributed by atoms with Crippen molar-refractivity contribution < 1.29 is 23.1 Å². The number of nitrogens with zero attached hydrogens (tertiary/aromatic N) is 1. The molecule has 0 spiro atoms. The SMILES string of the molecule is CCC(CO)NC(=O)c1cnc2c(C3=CCC(C(F)(F)F)CC3)cccc2c1. The van der Waals surface area contributed by atoms with E-state index in [0.29, 0.717) is 23.9 Å². The first-order valence-electron chi connectivity index (χ1n) is 9.40. The van der Waals surface area contributed by atoms with Crippen LogP contribution in [0, 0.1) is 5.92 Å². The van der Waals surface area contributed by atoms with Crippen molar-refractivity contribution in [2.75, 3.05) is 6.61 Å². The Balaban J connectivity index is 1.87. The third-order valence-corrected chi connectivity index (χ3v) is 5.24. The zero-order valence-corrected chi connectivity index (χ0v) is 15.6. The van der Waals surface area contributed by atoms with E-state index in [1.54, 1.807) is 12.1 Å². The summed E-state index contributed by atoms with van der Waals surface area (Å²) in [6, 6.07) is 6.90. The van der Waals surface area contributed by atoms with Gasteiger partial charge < -0.3 is 10.4 Å². The number of nitrogens with one attached hydrogen (secondary N) is 1. The van der Waals surface area contributed by atoms with Crippen molar-refractivity contribution in [3.8, 4) is 0 Å². The maximum atomic E-state index is 12.9. The molecule has 3 rings (SSSR count). The lowest BCUT2D eigenvalue weighted by Gasteiger charge is -2.24. The number of hydrogen-bond donors (Lipinski definition) is 2. The Morgan fingerprint density at radius 3 is 2.79 bits per heavy atom. The van der Waals surface area contributed by atoms with E-state index in [9.17, 15) is 23.1 Å². The molecular weight excluding hydrogens is 369 g/mol. The maximum Gasteiger partial charge on any atom is 0.392 e. The van der Waals surface area contributed by atoms with E-state index in [4.69, 9.17) is 0 Å². The van der Waals surface area contributed by atoms with Gasteiger partial charge in [-0.25, -0.2) is 0 Å². The van der Waals surface area contributed by atoms with Crippen LogP contribution in [0.1, 0.15) is 48.5 Å². The lowest BCUT2D eigenvalue weighted by Crippen LogP contribution is -2.36. The summed E-state index contributed by atoms with van der Waals surface area (Å²) in [4.78, 5) is 16.8. The Morgan fingerprint density at radius 2 is 2.18 bits per heavy atom. The van der Waals surface area contributed by atoms with Gasteiger partial charge in [0.2, 0.25) is 0 Å². The van der Waals surface area contributed by atoms with Gasteiger partial charge in [-0.05, 0) is 37.3 Å². The molecule has 7 heteroatoms. The molecule has 4 nitrogen and oxygen atoms in total. The van der Waals surface area contributed by atoms with E-state index < -0.39 is 12.1 Å². The van der Waals surface area contributed by atoms with E-state index in [1.807, 2.05) is 25.1 Å². The number of amides is 1. The molecule has 150 valence electrons. The minimum Gasteiger partial charge on any atom is -0.394 e. The molecule has 1 aromatic carbocycles. The molecule has 2 unspecified atom stereocenters. The second-order valence-corrected chi connectivity index (χ2v) is 7.10. The minimum atomic E-state index is -4.16. The van der Waals surface area contributed by atoms with Crippen molar-refractivity contribution in [1.82, 2.24) is 10.3 Å². The number of hydrogen-bond acceptors (Lipinski definition) is 3. The van der Waals surface area contributed by atoms with Gasteiger partial charge in [0.25, 0.3) is 5.91 Å². The number of aliphatic hydroxyl groups is 1. The molecule has 2 atom stereocenters. The fourth-order valence-electron chi connectivity index (χ4n) is 3.47. The van der Waals surface area contributed by atoms with E-state index in [1.165, 1.54) is 6.20 Å². The first-order valence-corrected chi connectivity index (χ1v) is 9.40. The molecule has 28 heavy (non-hydrogen) atoms. The fraction of sp³-hybridized carbons (Fsp3) is 0.429. The van der Waals surface area contributed by atoms with Gasteiger partial charge in [-0.15, -0.1) is 0 Å². The summed E-state index contributed by atoms with van der Waals surface area (Å²) in [5.74, 6) is -1.60. The van der Waals surface area contributed by atoms with Crippen LogP contribution in [0.25, 0.3) is 16.5 Å². The Hall–Kier alpha value is -2.41. The normalized spacial score (nSPS) is 18.6. The number of benzene rings is 1. The smallest absolute Gasteiger partial charge is 0.392 e. The van der Waals surface area contributed by atoms with Crippen LogP contribution in [0.5, 0.6) is 0 Å². The topological polar surface area (TPSA) is 62.2 Å². The highest BCUT2D eigenvalue weighted by atomic mass is 19.4. The second kappa shape index (κ2) is 8.31. The van der Waals surface area contributed by atoms with E-state index in [-0.39, 0.29) is 31.4 Å². The highest BCUT2D eigenvalue weighted by molar-refractivity contribution is 5.99. The predicted molar refractivity (Wildman–Crippen MR) is 102 cm³/mol. The lowest BCUT2D eigenvalue weighted by atomic mass is 9.85. The molecule has 1 aliphatic rings. The van der Waals surface area contributed by atoms with Crippen LogP contribution in [-0.4, -0.2) is 34.8 Å². The van der Waals surface area contributed by atoms with E-state index in [0.717, 1.165) is 16.5 Å². The molecule has 2 N–H and O–H groups in total. The third kappa shape index (κ3) is 4.35. The number of rotatable bonds is 5. The van der Waals surface area contributed by atoms with Crippen LogP contribution in [0.2, 0.25) is 0 Å². The van der Waals surface area contributed by atoms with Gasteiger partial charge >= 0.3 is 6.18 Å². The monoisotopic (exact) mass is 392 g/mol. The largest absolute Gasteiger partial charge is 0.394 e. The average molecular weight is 392 g/mol. The van der Waals surface area contributed by atoms with Crippen molar-refractivity contribution in [3.63, 3.8) is 0 Å². The van der Waals surface area contributed by atoms with E-state index >= 15 is 0 Å². The maximum absolute atomic E-state index is 12.9. The Labute approximate surface area is 161 Å². The fourth-order valence-corrected chi connectivity index (χ4v) is 3.47. The number of aromatic nitrogens is 1. The minimum absolute atomic E-state index is 0.0186. The molecule has 0 fully saturated rings. The molecule has 2 aromatic rings. The molecule has 1 aliphatic carbocycles. The van der Waals surface area contributed by atoms with Gasteiger partial charge in [0.15, 0.2) is 0 Å². The van der Waals surface area contributed by atoms with Gasteiger partial charge in [-0.3, -0.25) is 9.78 Å². The van der Waals surface area contributed by atoms with Crippen molar-refractivity contribution in [2.24, 2.45) is 5.92 Å². The second-order valence-electron chi connectivity index (χ2n) is 7.10. The zero-order chi connectivity index (χ0) is 20.3. The molecule has 0 radical (unpaired) electrons. The molecule has 0 saturated heterocycles. The van der Waals surface area contributed by atoms with E-state index in [2.05, 4.69) is 10.3 Å². The van der Waals surface area contributed by atoms with Crippen LogP contribution in [0.15, 0.2) is 36.5 Å². The van der Waals surface area contributed by atoms with Crippen molar-refractivity contribution in [1.29, 1.82) is 0 Å². The number of allylic oxidation sites excluding steroid dienone is 2. The van der Waals surface area contributed by atoms with Crippen LogP contribution in [0.3, 0.4) is 0 Å². The van der Waals surface area contributed by atoms with Gasteiger partial charge in [-0.1, -0.05) is 31.2 Å². The lowest BCUT2D eigenvalue weighted by molar-refractivity contribution is -0.175. The molecule has 1 aromatic heterocycles. The number of carbonyl (C=O) groups is 1. The molecule has 0 aliphatic heterocycles. The van der Waals surface area contributed by atoms with Gasteiger partial charge in [0.05, 0.1) is 29.6 Å². The number of halogens is 3. The predicted octanol–water partition coefficient (Wildman–Crippen LogP) is 4.48. The summed E-state index contributed by atoms with van der Waals surface area (Å²) in [6.45, 7) is 1.73. The zero-order valence-electron chi connectivity index (χ0n) is 15.6. The van der Waals surface area contributed by atoms with Crippen LogP contribution >= 0.6 is 0 Å². The number of aliphatic hydroxyl groups excluding tert-OH is 1. The first kappa shape index (κ1) is 20.3. The Bertz CT molecular complexity index is 889. The Morgan fingerprint density at radius 1 is 1.39 bits per heavy atom. The number of fused-ring (bicyclic) bond motifs is 1. The standard InChI is InChI=1S/C21H23F3N2O2/c1-2-17(12-27)26-20(28)15-10-14-4-3-5-18(19(14)25-11-15)13-6-8-16(9-7-13)21(22,23)24/h3-6,10-11,16-17,27H,2,7-9,12H2,1H3,(H,26,28). The number of carbonyl (C=O) groups excluding carboxylic acids is 1. The molecule has 0 bridgehead atoms. The summed E-state index contributed by atoms with van der Waals surface area (Å²) in [5, 5.41) is 12.7. The first-order chi connectivity index (χ1) is 13.3. The van der Waals surface area contributed by atoms with Gasteiger partial charge in [0.1, 0.15) is 0 Å². The summed E-state index contributed by atoms with van der Waals surface area (Å²) in [6.07, 6.45) is -0.0192. The molecule has 1 heterocycles. The average Bonchev–Trinajstić information content (AvgIpc) is 2.70. The van der Waals surface area contributed by atoms with Gasteiger partial charge in [-0.2, -0.15) is 13.2 Å². The van der Waals surface area contributed by atoms with Crippen molar-refractivity contribution in [3.05, 3.63) is 47.7 Å². The molecule has 0 saturated carbocycles. The number of para-hydroxylation sites is 1. The summed E-state index contributed by atoms with van der Waals surface area (Å²) in [7, 11) is 0. The third-order valence-electron chi connectivity index (χ3n) is 5.24. The number of pyridine rings is 1. The Kier molecular flexibility index (Phi) is 6.03. The summed E-state index contributed by atoms with van der Waals surface area (Å²) >= 11 is 0. The highest BCUT2D eigenvalue weighted by Gasteiger charge is 2.39. The quantitative estimate of drug-likeness (QED) is 0.789. The summed E-state index contributed by atoms with van der Waals surface area (Å²) in [5.41, 5.74) is 2.73. The van der Waals surface area contributed by atoms with Crippen LogP contribution < -0.4 is 5.32 Å².